The van der Waals surface area contributed by atoms with Crippen LogP contribution in [0.25, 0.3) is 0 Å². The third kappa shape index (κ3) is 6.92. The number of nitrogens with one attached hydrogen (secondary N) is 2. The van der Waals surface area contributed by atoms with Gasteiger partial charge in [0.25, 0.3) is 5.91 Å². The maximum Gasteiger partial charge on any atom is 0.251 e. The first-order valence-electron chi connectivity index (χ1n) is 9.74. The Morgan fingerprint density at radius 2 is 1.94 bits per heavy atom. The van der Waals surface area contributed by atoms with Gasteiger partial charge in [0.15, 0.2) is 11.0 Å². The Kier molecular flexibility index (Phi) is 9.10. The van der Waals surface area contributed by atoms with Crippen molar-refractivity contribution in [2.75, 3.05) is 18.2 Å². The van der Waals surface area contributed by atoms with Crippen LogP contribution in [0.3, 0.4) is 0 Å². The molecule has 2 N–H and O–H groups in total. The summed E-state index contributed by atoms with van der Waals surface area (Å²) in [7, 11) is 1.57. The highest BCUT2D eigenvalue weighted by atomic mass is 79.9. The van der Waals surface area contributed by atoms with Crippen LogP contribution in [0, 0.1) is 0 Å². The van der Waals surface area contributed by atoms with Gasteiger partial charge in [-0.3, -0.25) is 9.59 Å². The smallest absolute Gasteiger partial charge is 0.251 e. The molecule has 3 rings (SSSR count). The third-order valence-electron chi connectivity index (χ3n) is 4.40. The van der Waals surface area contributed by atoms with E-state index in [0.29, 0.717) is 34.5 Å². The van der Waals surface area contributed by atoms with Crippen LogP contribution in [-0.4, -0.2) is 39.4 Å². The first kappa shape index (κ1) is 25.0. The number of methoxy groups -OCH3 is 1. The highest BCUT2D eigenvalue weighted by molar-refractivity contribution is 9.11. The number of rotatable bonds is 10. The molecule has 0 aliphatic carbocycles. The summed E-state index contributed by atoms with van der Waals surface area (Å²) in [5.74, 6) is 0.969. The molecule has 0 aliphatic rings. The molecule has 1 heterocycles. The number of aromatic nitrogens is 3. The van der Waals surface area contributed by atoms with E-state index in [1.807, 2.05) is 22.8 Å². The van der Waals surface area contributed by atoms with Crippen molar-refractivity contribution in [3.8, 4) is 5.75 Å². The van der Waals surface area contributed by atoms with Crippen molar-refractivity contribution >= 4 is 61.1 Å². The van der Waals surface area contributed by atoms with E-state index in [0.717, 1.165) is 8.95 Å². The number of ether oxygens (including phenoxy) is 1. The van der Waals surface area contributed by atoms with Gasteiger partial charge in [0, 0.05) is 21.1 Å². The lowest BCUT2D eigenvalue weighted by molar-refractivity contribution is -0.113. The summed E-state index contributed by atoms with van der Waals surface area (Å²) >= 11 is 8.07. The fourth-order valence-corrected chi connectivity index (χ4v) is 4.26. The zero-order valence-electron chi connectivity index (χ0n) is 17.7. The van der Waals surface area contributed by atoms with E-state index in [9.17, 15) is 9.59 Å². The summed E-state index contributed by atoms with van der Waals surface area (Å²) in [5, 5.41) is 14.6. The minimum atomic E-state index is -0.237. The Labute approximate surface area is 212 Å². The predicted octanol–water partition coefficient (Wildman–Crippen LogP) is 4.66. The van der Waals surface area contributed by atoms with Crippen LogP contribution in [0.1, 0.15) is 16.2 Å². The van der Waals surface area contributed by atoms with Crippen molar-refractivity contribution in [2.24, 2.45) is 0 Å². The van der Waals surface area contributed by atoms with Crippen LogP contribution >= 0.6 is 43.6 Å². The topological polar surface area (TPSA) is 98.1 Å². The fourth-order valence-electron chi connectivity index (χ4n) is 2.78. The van der Waals surface area contributed by atoms with Crippen LogP contribution < -0.4 is 15.4 Å². The molecule has 0 atom stereocenters. The molecule has 1 aromatic heterocycles. The number of benzene rings is 2. The largest absolute Gasteiger partial charge is 0.497 e. The van der Waals surface area contributed by atoms with E-state index in [1.165, 1.54) is 11.8 Å². The van der Waals surface area contributed by atoms with Crippen molar-refractivity contribution in [1.82, 2.24) is 20.1 Å². The molecule has 0 spiro atoms. The minimum absolute atomic E-state index is 0.145. The highest BCUT2D eigenvalue weighted by Crippen LogP contribution is 2.26. The quantitative estimate of drug-likeness (QED) is 0.262. The molecule has 2 aromatic carbocycles. The molecule has 0 aliphatic heterocycles. The Morgan fingerprint density at radius 3 is 2.64 bits per heavy atom. The molecule has 0 fully saturated rings. The Hall–Kier alpha value is -2.63. The first-order valence-corrected chi connectivity index (χ1v) is 12.3. The number of anilines is 1. The molecule has 0 saturated heterocycles. The second-order valence-corrected chi connectivity index (χ2v) is 9.38. The number of hydrogen-bond donors (Lipinski definition) is 2. The second-order valence-electron chi connectivity index (χ2n) is 6.67. The van der Waals surface area contributed by atoms with Crippen molar-refractivity contribution in [3.63, 3.8) is 0 Å². The SMILES string of the molecule is C=CCn1c(CNC(=O)c2ccc(OC)cc2)nnc1SCC(=O)Nc1cc(Br)ccc1Br. The normalized spacial score (nSPS) is 10.5. The van der Waals surface area contributed by atoms with Gasteiger partial charge in [0.2, 0.25) is 5.91 Å². The molecule has 0 saturated carbocycles. The van der Waals surface area contributed by atoms with Gasteiger partial charge in [-0.2, -0.15) is 0 Å². The molecule has 172 valence electrons. The molecule has 8 nitrogen and oxygen atoms in total. The Bertz CT molecular complexity index is 1150. The maximum absolute atomic E-state index is 12.4. The first-order chi connectivity index (χ1) is 15.9. The molecule has 0 radical (unpaired) electrons. The second kappa shape index (κ2) is 12.0. The van der Waals surface area contributed by atoms with Crippen molar-refractivity contribution < 1.29 is 14.3 Å². The van der Waals surface area contributed by atoms with E-state index in [-0.39, 0.29) is 24.1 Å². The van der Waals surface area contributed by atoms with Gasteiger partial charge in [-0.05, 0) is 58.4 Å². The molecular weight excluding hydrogens is 574 g/mol. The number of halogens is 2. The summed E-state index contributed by atoms with van der Waals surface area (Å²) in [5.41, 5.74) is 1.18. The van der Waals surface area contributed by atoms with E-state index in [1.54, 1.807) is 37.5 Å². The number of hydrogen-bond acceptors (Lipinski definition) is 6. The van der Waals surface area contributed by atoms with Crippen LogP contribution in [-0.2, 0) is 17.9 Å². The number of carbonyl (C=O) groups is 2. The van der Waals surface area contributed by atoms with Gasteiger partial charge in [-0.15, -0.1) is 16.8 Å². The van der Waals surface area contributed by atoms with Gasteiger partial charge >= 0.3 is 0 Å². The third-order valence-corrected chi connectivity index (χ3v) is 6.55. The van der Waals surface area contributed by atoms with Crippen LogP contribution in [0.5, 0.6) is 5.75 Å². The number of nitrogens with zero attached hydrogens (tertiary/aromatic N) is 3. The molecular formula is C22H21Br2N5O3S. The summed E-state index contributed by atoms with van der Waals surface area (Å²) in [4.78, 5) is 24.9. The highest BCUT2D eigenvalue weighted by Gasteiger charge is 2.15. The van der Waals surface area contributed by atoms with Crippen LogP contribution in [0.4, 0.5) is 5.69 Å². The summed E-state index contributed by atoms with van der Waals surface area (Å²) in [6.07, 6.45) is 1.71. The Balaban J connectivity index is 1.61. The van der Waals surface area contributed by atoms with Crippen LogP contribution in [0.15, 0.2) is 69.2 Å². The van der Waals surface area contributed by atoms with E-state index in [2.05, 4.69) is 59.3 Å². The molecule has 33 heavy (non-hydrogen) atoms. The lowest BCUT2D eigenvalue weighted by atomic mass is 10.2. The number of carbonyl (C=O) groups excluding carboxylic acids is 2. The van der Waals surface area contributed by atoms with Crippen molar-refractivity contribution in [2.45, 2.75) is 18.2 Å². The Morgan fingerprint density at radius 1 is 1.18 bits per heavy atom. The average Bonchev–Trinajstić information content (AvgIpc) is 3.20. The number of allylic oxidation sites excluding steroid dienone is 1. The maximum atomic E-state index is 12.4. The van der Waals surface area contributed by atoms with E-state index >= 15 is 0 Å². The van der Waals surface area contributed by atoms with E-state index in [4.69, 9.17) is 4.74 Å². The zero-order chi connectivity index (χ0) is 23.8. The zero-order valence-corrected chi connectivity index (χ0v) is 21.7. The lowest BCUT2D eigenvalue weighted by Crippen LogP contribution is -2.24. The van der Waals surface area contributed by atoms with Crippen molar-refractivity contribution in [3.05, 3.63) is 75.5 Å². The number of thioether (sulfide) groups is 1. The average molecular weight is 595 g/mol. The number of amides is 2. The van der Waals surface area contributed by atoms with Crippen molar-refractivity contribution in [1.29, 1.82) is 0 Å². The summed E-state index contributed by atoms with van der Waals surface area (Å²) in [6.45, 7) is 4.40. The predicted molar refractivity (Wildman–Crippen MR) is 136 cm³/mol. The molecule has 3 aromatic rings. The molecule has 2 amide bonds. The molecule has 0 unspecified atom stereocenters. The summed E-state index contributed by atoms with van der Waals surface area (Å²) in [6, 6.07) is 12.4. The lowest BCUT2D eigenvalue weighted by Gasteiger charge is -2.10. The minimum Gasteiger partial charge on any atom is -0.497 e. The van der Waals surface area contributed by atoms with Gasteiger partial charge in [-0.1, -0.05) is 33.8 Å². The monoisotopic (exact) mass is 593 g/mol. The fraction of sp³-hybridized carbons (Fsp3) is 0.182. The summed E-state index contributed by atoms with van der Waals surface area (Å²) < 4.78 is 8.57. The standard InChI is InChI=1S/C22H21Br2N5O3S/c1-3-10-29-19(12-25-21(31)14-4-7-16(32-2)8-5-14)27-28-22(29)33-13-20(30)26-18-11-15(23)6-9-17(18)24/h3-9,11H,1,10,12-13H2,2H3,(H,25,31)(H,26,30). The van der Waals surface area contributed by atoms with Gasteiger partial charge < -0.3 is 19.9 Å². The molecule has 0 bridgehead atoms. The van der Waals surface area contributed by atoms with Crippen LogP contribution in [0.2, 0.25) is 0 Å². The molecule has 11 heteroatoms. The van der Waals surface area contributed by atoms with Gasteiger partial charge in [-0.25, -0.2) is 0 Å². The van der Waals surface area contributed by atoms with E-state index < -0.39 is 0 Å². The van der Waals surface area contributed by atoms with Gasteiger partial charge in [0.1, 0.15) is 5.75 Å². The van der Waals surface area contributed by atoms with Gasteiger partial charge in [0.05, 0.1) is 25.1 Å².